The van der Waals surface area contributed by atoms with Crippen molar-refractivity contribution in [1.82, 2.24) is 4.57 Å². The second-order valence-corrected chi connectivity index (χ2v) is 9.58. The predicted octanol–water partition coefficient (Wildman–Crippen LogP) is 5.79. The van der Waals surface area contributed by atoms with Gasteiger partial charge in [-0.3, -0.25) is 20.2 Å². The van der Waals surface area contributed by atoms with Crippen LogP contribution >= 0.6 is 11.6 Å². The van der Waals surface area contributed by atoms with Gasteiger partial charge in [-0.25, -0.2) is 4.79 Å². The zero-order chi connectivity index (χ0) is 25.5. The third kappa shape index (κ3) is 4.92. The number of nitrogens with zero attached hydrogens (tertiary/aromatic N) is 4. The number of aryl methyl sites for hydroxylation is 1. The van der Waals surface area contributed by atoms with Crippen molar-refractivity contribution < 1.29 is 19.5 Å². The number of nitro groups is 2. The number of hydrogen-bond acceptors (Lipinski definition) is 7. The zero-order valence-electron chi connectivity index (χ0n) is 19.1. The number of aromatic nitrogens is 1. The Morgan fingerprint density at radius 2 is 1.63 bits per heavy atom. The summed E-state index contributed by atoms with van der Waals surface area (Å²) in [5, 5.41) is 27.0. The number of oxime groups is 1. The van der Waals surface area contributed by atoms with Crippen molar-refractivity contribution in [2.24, 2.45) is 10.6 Å². The molecular weight excluding hydrogens is 476 g/mol. The van der Waals surface area contributed by atoms with E-state index in [1.165, 1.54) is 0 Å². The van der Waals surface area contributed by atoms with Crippen LogP contribution in [0.25, 0.3) is 5.69 Å². The van der Waals surface area contributed by atoms with Crippen LogP contribution in [0.5, 0.6) is 0 Å². The highest BCUT2D eigenvalue weighted by molar-refractivity contribution is 6.30. The van der Waals surface area contributed by atoms with Crippen LogP contribution in [0, 0.1) is 32.6 Å². The minimum atomic E-state index is -1.02. The summed E-state index contributed by atoms with van der Waals surface area (Å²) in [6, 6.07) is 12.1. The van der Waals surface area contributed by atoms with Crippen LogP contribution < -0.4 is 0 Å². The maximum absolute atomic E-state index is 12.6. The lowest BCUT2D eigenvalue weighted by molar-refractivity contribution is -0.394. The second-order valence-electron chi connectivity index (χ2n) is 9.14. The molecule has 1 aromatic heterocycles. The molecule has 2 aromatic carbocycles. The Morgan fingerprint density at radius 1 is 1.03 bits per heavy atom. The van der Waals surface area contributed by atoms with Crippen molar-refractivity contribution >= 4 is 34.7 Å². The number of fused-ring (bicyclic) bond motifs is 1. The minimum Gasteiger partial charge on any atom is -0.318 e. The molecule has 0 N–H and O–H groups in total. The van der Waals surface area contributed by atoms with E-state index in [1.54, 1.807) is 0 Å². The summed E-state index contributed by atoms with van der Waals surface area (Å²) >= 11 is 6.05. The van der Waals surface area contributed by atoms with Crippen molar-refractivity contribution in [3.63, 3.8) is 0 Å². The van der Waals surface area contributed by atoms with E-state index < -0.39 is 27.2 Å². The molecule has 1 aliphatic carbocycles. The van der Waals surface area contributed by atoms with Crippen molar-refractivity contribution in [3.8, 4) is 5.69 Å². The average molecular weight is 497 g/mol. The standard InChI is InChI=1S/C24H21ClN4O6/c1-14-8-20-21(12-24(2,3)13-22(20)27(14)17-6-4-16(25)5-7-17)26-35-23(30)15-9-18(28(31)32)11-19(10-15)29(33)34/h4-11H,12-13H2,1-3H3/b26-21+. The van der Waals surface area contributed by atoms with Gasteiger partial charge < -0.3 is 9.40 Å². The Bertz CT molecular complexity index is 1360. The summed E-state index contributed by atoms with van der Waals surface area (Å²) in [5.41, 5.74) is 2.56. The molecule has 10 nitrogen and oxygen atoms in total. The van der Waals surface area contributed by atoms with Gasteiger partial charge in [-0.15, -0.1) is 0 Å². The molecule has 0 atom stereocenters. The van der Waals surface area contributed by atoms with Crippen molar-refractivity contribution in [2.45, 2.75) is 33.6 Å². The van der Waals surface area contributed by atoms with E-state index in [0.717, 1.165) is 47.3 Å². The molecule has 35 heavy (non-hydrogen) atoms. The van der Waals surface area contributed by atoms with E-state index in [0.29, 0.717) is 17.2 Å². The van der Waals surface area contributed by atoms with Crippen LogP contribution in [-0.4, -0.2) is 26.1 Å². The normalized spacial score (nSPS) is 15.5. The van der Waals surface area contributed by atoms with Crippen LogP contribution in [0.4, 0.5) is 11.4 Å². The van der Waals surface area contributed by atoms with Crippen LogP contribution in [0.3, 0.4) is 0 Å². The maximum atomic E-state index is 12.6. The molecule has 0 bridgehead atoms. The molecule has 0 fully saturated rings. The molecule has 0 amide bonds. The number of halogens is 1. The number of carbonyl (C=O) groups is 1. The third-order valence-electron chi connectivity index (χ3n) is 5.77. The van der Waals surface area contributed by atoms with Gasteiger partial charge in [0.2, 0.25) is 0 Å². The Balaban J connectivity index is 1.71. The summed E-state index contributed by atoms with van der Waals surface area (Å²) in [7, 11) is 0. The first-order valence-corrected chi connectivity index (χ1v) is 11.0. The average Bonchev–Trinajstić information content (AvgIpc) is 3.12. The lowest BCUT2D eigenvalue weighted by Crippen LogP contribution is -2.28. The molecule has 0 saturated carbocycles. The van der Waals surface area contributed by atoms with E-state index in [2.05, 4.69) is 23.6 Å². The number of nitro benzene ring substituents is 2. The topological polar surface area (TPSA) is 130 Å². The molecular formula is C24H21ClN4O6. The summed E-state index contributed by atoms with van der Waals surface area (Å²) < 4.78 is 2.10. The molecule has 0 radical (unpaired) electrons. The molecule has 0 aliphatic heterocycles. The van der Waals surface area contributed by atoms with Gasteiger partial charge in [-0.2, -0.15) is 0 Å². The van der Waals surface area contributed by atoms with Crippen molar-refractivity contribution in [2.75, 3.05) is 0 Å². The van der Waals surface area contributed by atoms with Gasteiger partial charge in [0.15, 0.2) is 0 Å². The van der Waals surface area contributed by atoms with Gasteiger partial charge in [0.25, 0.3) is 11.4 Å². The summed E-state index contributed by atoms with van der Waals surface area (Å²) in [5.74, 6) is -1.02. The van der Waals surface area contributed by atoms with Crippen LogP contribution in [0.15, 0.2) is 53.7 Å². The summed E-state index contributed by atoms with van der Waals surface area (Å²) in [6.07, 6.45) is 1.27. The highest BCUT2D eigenvalue weighted by Gasteiger charge is 2.34. The van der Waals surface area contributed by atoms with Gasteiger partial charge in [0.1, 0.15) is 0 Å². The largest absolute Gasteiger partial charge is 0.366 e. The van der Waals surface area contributed by atoms with E-state index in [-0.39, 0.29) is 11.0 Å². The monoisotopic (exact) mass is 496 g/mol. The third-order valence-corrected chi connectivity index (χ3v) is 6.03. The smallest absolute Gasteiger partial charge is 0.318 e. The molecule has 180 valence electrons. The van der Waals surface area contributed by atoms with Gasteiger partial charge in [0.05, 0.1) is 27.2 Å². The number of non-ortho nitro benzene ring substituents is 2. The second kappa shape index (κ2) is 8.95. The predicted molar refractivity (Wildman–Crippen MR) is 129 cm³/mol. The first-order valence-electron chi connectivity index (χ1n) is 10.6. The molecule has 1 aliphatic rings. The summed E-state index contributed by atoms with van der Waals surface area (Å²) in [6.45, 7) is 6.11. The maximum Gasteiger partial charge on any atom is 0.366 e. The van der Waals surface area contributed by atoms with Crippen LogP contribution in [-0.2, 0) is 11.3 Å². The fourth-order valence-corrected chi connectivity index (χ4v) is 4.41. The number of rotatable bonds is 5. The molecule has 0 saturated heterocycles. The van der Waals surface area contributed by atoms with E-state index in [1.807, 2.05) is 37.3 Å². The molecule has 0 spiro atoms. The van der Waals surface area contributed by atoms with E-state index in [4.69, 9.17) is 16.4 Å². The van der Waals surface area contributed by atoms with E-state index >= 15 is 0 Å². The Labute approximate surface area is 205 Å². The van der Waals surface area contributed by atoms with Gasteiger partial charge in [0, 0.05) is 39.8 Å². The molecule has 0 unspecified atom stereocenters. The van der Waals surface area contributed by atoms with Crippen LogP contribution in [0.2, 0.25) is 5.02 Å². The number of benzene rings is 2. The zero-order valence-corrected chi connectivity index (χ0v) is 19.9. The lowest BCUT2D eigenvalue weighted by Gasteiger charge is -2.31. The highest BCUT2D eigenvalue weighted by atomic mass is 35.5. The van der Waals surface area contributed by atoms with Gasteiger partial charge in [-0.05, 0) is 55.5 Å². The minimum absolute atomic E-state index is 0.197. The number of hydrogen-bond donors (Lipinski definition) is 0. The molecule has 4 rings (SSSR count). The van der Waals surface area contributed by atoms with Crippen molar-refractivity contribution in [1.29, 1.82) is 0 Å². The Kier molecular flexibility index (Phi) is 6.16. The highest BCUT2D eigenvalue weighted by Crippen LogP contribution is 2.38. The van der Waals surface area contributed by atoms with Crippen molar-refractivity contribution in [3.05, 3.63) is 96.3 Å². The first kappa shape index (κ1) is 24.1. The number of carbonyl (C=O) groups excluding carboxylic acids is 1. The van der Waals surface area contributed by atoms with E-state index in [9.17, 15) is 25.0 Å². The Morgan fingerprint density at radius 3 is 2.20 bits per heavy atom. The van der Waals surface area contributed by atoms with Gasteiger partial charge >= 0.3 is 5.97 Å². The molecule has 11 heteroatoms. The summed E-state index contributed by atoms with van der Waals surface area (Å²) in [4.78, 5) is 38.4. The van der Waals surface area contributed by atoms with Crippen LogP contribution in [0.1, 0.15) is 47.6 Å². The molecule has 3 aromatic rings. The lowest BCUT2D eigenvalue weighted by atomic mass is 9.76. The Hall–Kier alpha value is -4.05. The SMILES string of the molecule is Cc1cc2c(n1-c1ccc(Cl)cc1)CC(C)(C)C/C2=N\OC(=O)c1cc([N+](=O)[O-])cc([N+](=O)[O-])c1. The fourth-order valence-electron chi connectivity index (χ4n) is 4.28. The molecule has 1 heterocycles. The first-order chi connectivity index (χ1) is 16.4. The quantitative estimate of drug-likeness (QED) is 0.249. The van der Waals surface area contributed by atoms with Gasteiger partial charge in [-0.1, -0.05) is 30.6 Å². The fraction of sp³-hybridized carbons (Fsp3) is 0.250.